The molecule has 2 N–H and O–H groups in total. The summed E-state index contributed by atoms with van der Waals surface area (Å²) >= 11 is 0. The van der Waals surface area contributed by atoms with Gasteiger partial charge in [0, 0.05) is 23.6 Å². The topological polar surface area (TPSA) is 88.5 Å². The highest BCUT2D eigenvalue weighted by Crippen LogP contribution is 2.17. The first kappa shape index (κ1) is 13.3. The summed E-state index contributed by atoms with van der Waals surface area (Å²) in [7, 11) is 0. The normalized spacial score (nSPS) is 12.4. The Labute approximate surface area is 121 Å². The third kappa shape index (κ3) is 2.76. The molecule has 0 aliphatic carbocycles. The molecule has 1 atom stereocenters. The van der Waals surface area contributed by atoms with Gasteiger partial charge in [0.1, 0.15) is 12.4 Å². The maximum absolute atomic E-state index is 12.0. The Morgan fingerprint density at radius 2 is 2.29 bits per heavy atom. The second kappa shape index (κ2) is 5.74. The van der Waals surface area contributed by atoms with Crippen molar-refractivity contribution in [3.63, 3.8) is 0 Å². The Balaban J connectivity index is 1.57. The van der Waals surface area contributed by atoms with Crippen molar-refractivity contribution in [3.8, 4) is 0 Å². The van der Waals surface area contributed by atoms with E-state index in [4.69, 9.17) is 0 Å². The van der Waals surface area contributed by atoms with Gasteiger partial charge < -0.3 is 10.3 Å². The van der Waals surface area contributed by atoms with Gasteiger partial charge in [0.05, 0.1) is 0 Å². The average Bonchev–Trinajstić information content (AvgIpc) is 3.16. The Morgan fingerprint density at radius 3 is 3.10 bits per heavy atom. The number of hydrogen-bond acceptors (Lipinski definition) is 4. The van der Waals surface area contributed by atoms with Crippen molar-refractivity contribution in [3.05, 3.63) is 42.4 Å². The van der Waals surface area contributed by atoms with Crippen molar-refractivity contribution >= 4 is 16.8 Å². The van der Waals surface area contributed by atoms with Gasteiger partial charge in [-0.05, 0) is 35.4 Å². The number of amides is 1. The van der Waals surface area contributed by atoms with Gasteiger partial charge in [-0.25, -0.2) is 4.68 Å². The van der Waals surface area contributed by atoms with Crippen molar-refractivity contribution in [1.82, 2.24) is 30.5 Å². The van der Waals surface area contributed by atoms with Crippen LogP contribution in [-0.2, 0) is 11.2 Å². The van der Waals surface area contributed by atoms with E-state index in [0.29, 0.717) is 6.54 Å². The molecule has 3 aromatic rings. The molecular weight excluding hydrogens is 268 g/mol. The van der Waals surface area contributed by atoms with E-state index >= 15 is 0 Å². The molecule has 0 aliphatic heterocycles. The monoisotopic (exact) mass is 284 g/mol. The molecule has 1 amide bonds. The lowest BCUT2D eigenvalue weighted by atomic mass is 10.1. The largest absolute Gasteiger partial charge is 0.361 e. The van der Waals surface area contributed by atoms with E-state index in [-0.39, 0.29) is 5.91 Å². The third-order valence-corrected chi connectivity index (χ3v) is 3.51. The lowest BCUT2D eigenvalue weighted by molar-refractivity contribution is -0.124. The molecule has 108 valence electrons. The smallest absolute Gasteiger partial charge is 0.244 e. The van der Waals surface area contributed by atoms with E-state index in [1.807, 2.05) is 24.4 Å². The van der Waals surface area contributed by atoms with Crippen molar-refractivity contribution in [1.29, 1.82) is 0 Å². The number of benzene rings is 1. The van der Waals surface area contributed by atoms with Gasteiger partial charge in [0.15, 0.2) is 0 Å². The number of aromatic amines is 1. The number of carbonyl (C=O) groups is 1. The molecule has 2 heterocycles. The second-order valence-corrected chi connectivity index (χ2v) is 4.87. The standard InChI is InChI=1S/C14H16N6O/c1-10(20-9-17-18-19-20)14(21)15-7-6-11-8-16-13-5-3-2-4-12(11)13/h2-5,8-10,16H,6-7H2,1H3,(H,15,21). The summed E-state index contributed by atoms with van der Waals surface area (Å²) in [6.45, 7) is 2.34. The summed E-state index contributed by atoms with van der Waals surface area (Å²) in [5, 5.41) is 14.9. The van der Waals surface area contributed by atoms with Crippen LogP contribution < -0.4 is 5.32 Å². The van der Waals surface area contributed by atoms with Crippen molar-refractivity contribution in [2.75, 3.05) is 6.54 Å². The summed E-state index contributed by atoms with van der Waals surface area (Å²) in [4.78, 5) is 15.2. The maximum atomic E-state index is 12.0. The van der Waals surface area contributed by atoms with Crippen molar-refractivity contribution < 1.29 is 4.79 Å². The first-order chi connectivity index (χ1) is 10.3. The molecule has 0 bridgehead atoms. The highest BCUT2D eigenvalue weighted by atomic mass is 16.2. The van der Waals surface area contributed by atoms with Crippen LogP contribution in [0.5, 0.6) is 0 Å². The summed E-state index contributed by atoms with van der Waals surface area (Å²) in [6.07, 6.45) is 4.20. The molecule has 1 unspecified atom stereocenters. The summed E-state index contributed by atoms with van der Waals surface area (Å²) in [6, 6.07) is 7.71. The fourth-order valence-electron chi connectivity index (χ4n) is 2.27. The molecule has 0 saturated carbocycles. The molecule has 2 aromatic heterocycles. The molecule has 0 aliphatic rings. The molecule has 1 aromatic carbocycles. The SMILES string of the molecule is CC(C(=O)NCCc1c[nH]c2ccccc12)n1cnnn1. The van der Waals surface area contributed by atoms with Crippen LogP contribution in [-0.4, -0.2) is 37.6 Å². The van der Waals surface area contributed by atoms with E-state index in [9.17, 15) is 4.79 Å². The molecule has 0 saturated heterocycles. The van der Waals surface area contributed by atoms with Crippen LogP contribution in [0.15, 0.2) is 36.8 Å². The van der Waals surface area contributed by atoms with Gasteiger partial charge in [-0.15, -0.1) is 5.10 Å². The molecule has 0 spiro atoms. The predicted molar refractivity (Wildman–Crippen MR) is 77.5 cm³/mol. The third-order valence-electron chi connectivity index (χ3n) is 3.51. The number of rotatable bonds is 5. The first-order valence-corrected chi connectivity index (χ1v) is 6.81. The Morgan fingerprint density at radius 1 is 1.43 bits per heavy atom. The van der Waals surface area contributed by atoms with Gasteiger partial charge in [-0.1, -0.05) is 18.2 Å². The van der Waals surface area contributed by atoms with Gasteiger partial charge in [0.2, 0.25) is 5.91 Å². The summed E-state index contributed by atoms with van der Waals surface area (Å²) in [5.74, 6) is -0.0952. The number of nitrogens with one attached hydrogen (secondary N) is 2. The van der Waals surface area contributed by atoms with E-state index in [0.717, 1.165) is 11.9 Å². The summed E-state index contributed by atoms with van der Waals surface area (Å²) in [5.41, 5.74) is 2.31. The fraction of sp³-hybridized carbons (Fsp3) is 0.286. The number of tetrazole rings is 1. The van der Waals surface area contributed by atoms with E-state index < -0.39 is 6.04 Å². The Bertz CT molecular complexity index is 733. The highest BCUT2D eigenvalue weighted by molar-refractivity contribution is 5.83. The van der Waals surface area contributed by atoms with Crippen LogP contribution in [0.2, 0.25) is 0 Å². The molecule has 0 fully saturated rings. The molecule has 0 radical (unpaired) electrons. The number of nitrogens with zero attached hydrogens (tertiary/aromatic N) is 4. The number of carbonyl (C=O) groups excluding carboxylic acids is 1. The van der Waals surface area contributed by atoms with Crippen LogP contribution in [0.25, 0.3) is 10.9 Å². The van der Waals surface area contributed by atoms with E-state index in [2.05, 4.69) is 31.9 Å². The van der Waals surface area contributed by atoms with Gasteiger partial charge in [-0.3, -0.25) is 4.79 Å². The van der Waals surface area contributed by atoms with Crippen LogP contribution in [0, 0.1) is 0 Å². The zero-order valence-electron chi connectivity index (χ0n) is 11.7. The molecular formula is C14H16N6O. The number of H-pyrrole nitrogens is 1. The lowest BCUT2D eigenvalue weighted by Gasteiger charge is -2.11. The molecule has 7 nitrogen and oxygen atoms in total. The van der Waals surface area contributed by atoms with E-state index in [1.54, 1.807) is 6.92 Å². The van der Waals surface area contributed by atoms with Crippen molar-refractivity contribution in [2.45, 2.75) is 19.4 Å². The zero-order valence-corrected chi connectivity index (χ0v) is 11.7. The zero-order chi connectivity index (χ0) is 14.7. The Kier molecular flexibility index (Phi) is 3.63. The molecule has 7 heteroatoms. The number of hydrogen-bond donors (Lipinski definition) is 2. The van der Waals surface area contributed by atoms with Crippen LogP contribution in [0.1, 0.15) is 18.5 Å². The van der Waals surface area contributed by atoms with Crippen LogP contribution in [0.4, 0.5) is 0 Å². The number of para-hydroxylation sites is 1. The fourth-order valence-corrected chi connectivity index (χ4v) is 2.27. The van der Waals surface area contributed by atoms with Crippen LogP contribution >= 0.6 is 0 Å². The number of aromatic nitrogens is 5. The summed E-state index contributed by atoms with van der Waals surface area (Å²) < 4.78 is 1.43. The van der Waals surface area contributed by atoms with Crippen molar-refractivity contribution in [2.24, 2.45) is 0 Å². The quantitative estimate of drug-likeness (QED) is 0.733. The maximum Gasteiger partial charge on any atom is 0.244 e. The minimum Gasteiger partial charge on any atom is -0.361 e. The predicted octanol–water partition coefficient (Wildman–Crippen LogP) is 1.07. The minimum atomic E-state index is -0.414. The first-order valence-electron chi connectivity index (χ1n) is 6.81. The van der Waals surface area contributed by atoms with Gasteiger partial charge in [-0.2, -0.15) is 0 Å². The lowest BCUT2D eigenvalue weighted by Crippen LogP contribution is -2.32. The van der Waals surface area contributed by atoms with Gasteiger partial charge in [0.25, 0.3) is 0 Å². The van der Waals surface area contributed by atoms with Gasteiger partial charge >= 0.3 is 0 Å². The second-order valence-electron chi connectivity index (χ2n) is 4.87. The van der Waals surface area contributed by atoms with Crippen LogP contribution in [0.3, 0.4) is 0 Å². The minimum absolute atomic E-state index is 0.0952. The number of fused-ring (bicyclic) bond motifs is 1. The van der Waals surface area contributed by atoms with E-state index in [1.165, 1.54) is 22.0 Å². The Hall–Kier alpha value is -2.70. The highest BCUT2D eigenvalue weighted by Gasteiger charge is 2.15. The average molecular weight is 284 g/mol. The molecule has 3 rings (SSSR count). The molecule has 21 heavy (non-hydrogen) atoms.